The van der Waals surface area contributed by atoms with E-state index in [1.807, 2.05) is 36.1 Å². The third-order valence-electron chi connectivity index (χ3n) is 2.99. The summed E-state index contributed by atoms with van der Waals surface area (Å²) in [4.78, 5) is 11.0. The molecule has 0 spiro atoms. The molecule has 98 valence electrons. The molecule has 0 bridgehead atoms. The molecule has 6 heteroatoms. The molecule has 4 nitrogen and oxygen atoms in total. The van der Waals surface area contributed by atoms with Gasteiger partial charge in [0.05, 0.1) is 6.54 Å². The van der Waals surface area contributed by atoms with Crippen molar-refractivity contribution in [2.75, 3.05) is 11.4 Å². The maximum absolute atomic E-state index is 6.03. The Labute approximate surface area is 124 Å². The van der Waals surface area contributed by atoms with E-state index in [9.17, 15) is 0 Å². The molecule has 0 fully saturated rings. The summed E-state index contributed by atoms with van der Waals surface area (Å²) in [6.45, 7) is 2.66. The molecule has 19 heavy (non-hydrogen) atoms. The van der Waals surface area contributed by atoms with E-state index in [0.717, 1.165) is 20.9 Å². The fourth-order valence-corrected chi connectivity index (χ4v) is 3.41. The van der Waals surface area contributed by atoms with Crippen LogP contribution in [0, 0.1) is 6.92 Å². The molecule has 0 aliphatic carbocycles. The number of aliphatic imine (C=N–C) groups is 1. The number of hydrogen-bond acceptors (Lipinski definition) is 5. The normalized spacial score (nSPS) is 18.7. The summed E-state index contributed by atoms with van der Waals surface area (Å²) in [5, 5.41) is 3.12. The van der Waals surface area contributed by atoms with Crippen LogP contribution < -0.4 is 10.6 Å². The molecule has 1 aromatic carbocycles. The van der Waals surface area contributed by atoms with Crippen LogP contribution >= 0.6 is 27.3 Å². The summed E-state index contributed by atoms with van der Waals surface area (Å²) in [5.41, 5.74) is 8.11. The number of rotatable bonds is 2. The van der Waals surface area contributed by atoms with Gasteiger partial charge in [0, 0.05) is 21.2 Å². The number of benzene rings is 1. The topological polar surface area (TPSA) is 54.5 Å². The Kier molecular flexibility index (Phi) is 3.28. The van der Waals surface area contributed by atoms with Gasteiger partial charge in [0.2, 0.25) is 0 Å². The molecule has 1 aromatic heterocycles. The Balaban J connectivity index is 1.99. The van der Waals surface area contributed by atoms with Gasteiger partial charge in [-0.1, -0.05) is 22.0 Å². The largest absolute Gasteiger partial charge is 0.369 e. The summed E-state index contributed by atoms with van der Waals surface area (Å²) in [6.07, 6.45) is 0. The predicted molar refractivity (Wildman–Crippen MR) is 82.7 cm³/mol. The van der Waals surface area contributed by atoms with Crippen LogP contribution in [-0.2, 0) is 0 Å². The molecule has 0 saturated heterocycles. The summed E-state index contributed by atoms with van der Waals surface area (Å²) < 4.78 is 1.03. The zero-order chi connectivity index (χ0) is 13.4. The van der Waals surface area contributed by atoms with Crippen LogP contribution in [0.4, 0.5) is 5.69 Å². The summed E-state index contributed by atoms with van der Waals surface area (Å²) in [5.74, 6) is 0.552. The van der Waals surface area contributed by atoms with Crippen LogP contribution in [0.25, 0.3) is 0 Å². The molecule has 0 amide bonds. The van der Waals surface area contributed by atoms with E-state index in [4.69, 9.17) is 5.73 Å². The van der Waals surface area contributed by atoms with Gasteiger partial charge in [-0.15, -0.1) is 11.3 Å². The van der Waals surface area contributed by atoms with E-state index < -0.39 is 0 Å². The van der Waals surface area contributed by atoms with Gasteiger partial charge in [-0.2, -0.15) is 0 Å². The maximum Gasteiger partial charge on any atom is 0.196 e. The van der Waals surface area contributed by atoms with E-state index in [-0.39, 0.29) is 6.04 Å². The zero-order valence-electron chi connectivity index (χ0n) is 10.4. The van der Waals surface area contributed by atoms with E-state index in [1.165, 1.54) is 0 Å². The Morgan fingerprint density at radius 3 is 3.00 bits per heavy atom. The smallest absolute Gasteiger partial charge is 0.196 e. The monoisotopic (exact) mass is 336 g/mol. The van der Waals surface area contributed by atoms with E-state index in [2.05, 4.69) is 31.3 Å². The lowest BCUT2D eigenvalue weighted by atomic mass is 10.2. The molecular formula is C13H13BrN4S. The Morgan fingerprint density at radius 1 is 1.47 bits per heavy atom. The fourth-order valence-electron chi connectivity index (χ4n) is 2.15. The minimum absolute atomic E-state index is 0.105. The van der Waals surface area contributed by atoms with E-state index in [1.54, 1.807) is 11.3 Å². The fraction of sp³-hybridized carbons (Fsp3) is 0.231. The van der Waals surface area contributed by atoms with Gasteiger partial charge >= 0.3 is 0 Å². The van der Waals surface area contributed by atoms with E-state index in [0.29, 0.717) is 12.5 Å². The number of nitrogens with zero attached hydrogens (tertiary/aromatic N) is 3. The van der Waals surface area contributed by atoms with Gasteiger partial charge < -0.3 is 10.6 Å². The number of nitrogens with two attached hydrogens (primary N) is 1. The van der Waals surface area contributed by atoms with Gasteiger partial charge in [-0.3, -0.25) is 4.99 Å². The van der Waals surface area contributed by atoms with E-state index >= 15 is 0 Å². The van der Waals surface area contributed by atoms with Crippen molar-refractivity contribution < 1.29 is 0 Å². The van der Waals surface area contributed by atoms with Crippen LogP contribution in [-0.4, -0.2) is 17.5 Å². The maximum atomic E-state index is 6.03. The highest BCUT2D eigenvalue weighted by Crippen LogP contribution is 2.33. The highest BCUT2D eigenvalue weighted by molar-refractivity contribution is 9.10. The lowest BCUT2D eigenvalue weighted by Gasteiger charge is -2.25. The third-order valence-corrected chi connectivity index (χ3v) is 4.55. The van der Waals surface area contributed by atoms with Crippen molar-refractivity contribution in [2.45, 2.75) is 13.0 Å². The highest BCUT2D eigenvalue weighted by atomic mass is 79.9. The van der Waals surface area contributed by atoms with Gasteiger partial charge in [0.1, 0.15) is 11.0 Å². The van der Waals surface area contributed by atoms with Crippen molar-refractivity contribution >= 4 is 38.9 Å². The average molecular weight is 337 g/mol. The van der Waals surface area contributed by atoms with Crippen LogP contribution in [0.5, 0.6) is 0 Å². The predicted octanol–water partition coefficient (Wildman–Crippen LogP) is 3.09. The van der Waals surface area contributed by atoms with Crippen molar-refractivity contribution in [3.63, 3.8) is 0 Å². The first kappa shape index (κ1) is 12.6. The van der Waals surface area contributed by atoms with Crippen molar-refractivity contribution in [1.82, 2.24) is 4.98 Å². The highest BCUT2D eigenvalue weighted by Gasteiger charge is 2.30. The van der Waals surface area contributed by atoms with Crippen molar-refractivity contribution in [2.24, 2.45) is 10.7 Å². The van der Waals surface area contributed by atoms with Gasteiger partial charge in [0.25, 0.3) is 0 Å². The molecule has 1 aliphatic heterocycles. The third kappa shape index (κ3) is 2.37. The number of anilines is 1. The second-order valence-corrected chi connectivity index (χ2v) is 6.20. The molecular weight excluding hydrogens is 324 g/mol. The van der Waals surface area contributed by atoms with Crippen LogP contribution in [0.3, 0.4) is 0 Å². The molecule has 3 rings (SSSR count). The molecule has 1 aliphatic rings. The number of hydrogen-bond donors (Lipinski definition) is 1. The summed E-state index contributed by atoms with van der Waals surface area (Å²) in [6, 6.07) is 8.17. The van der Waals surface area contributed by atoms with Gasteiger partial charge in [-0.25, -0.2) is 4.98 Å². The standard InChI is InChI=1S/C13H13BrN4S/c1-8-7-19-12(17-8)11-6-16-13(15)18(11)10-4-2-3-9(14)5-10/h2-5,7,11H,6H2,1H3,(H2,15,16). The molecule has 0 radical (unpaired) electrons. The number of halogens is 1. The Bertz CT molecular complexity index is 637. The van der Waals surface area contributed by atoms with Crippen molar-refractivity contribution in [1.29, 1.82) is 0 Å². The summed E-state index contributed by atoms with van der Waals surface area (Å²) in [7, 11) is 0. The van der Waals surface area contributed by atoms with Crippen LogP contribution in [0.1, 0.15) is 16.7 Å². The second kappa shape index (κ2) is 4.94. The first-order valence-corrected chi connectivity index (χ1v) is 7.59. The average Bonchev–Trinajstić information content (AvgIpc) is 2.95. The summed E-state index contributed by atoms with van der Waals surface area (Å²) >= 11 is 5.15. The minimum Gasteiger partial charge on any atom is -0.369 e. The second-order valence-electron chi connectivity index (χ2n) is 4.39. The van der Waals surface area contributed by atoms with Gasteiger partial charge in [-0.05, 0) is 25.1 Å². The first-order chi connectivity index (χ1) is 9.15. The molecule has 2 N–H and O–H groups in total. The quantitative estimate of drug-likeness (QED) is 0.916. The number of guanidine groups is 1. The minimum atomic E-state index is 0.105. The SMILES string of the molecule is Cc1csc(C2CN=C(N)N2c2cccc(Br)c2)n1. The van der Waals surface area contributed by atoms with Gasteiger partial charge in [0.15, 0.2) is 5.96 Å². The Morgan fingerprint density at radius 2 is 2.32 bits per heavy atom. The molecule has 1 unspecified atom stereocenters. The number of thiazole rings is 1. The molecule has 2 aromatic rings. The number of aryl methyl sites for hydroxylation is 1. The van der Waals surface area contributed by atoms with Crippen LogP contribution in [0.15, 0.2) is 39.1 Å². The molecule has 2 heterocycles. The van der Waals surface area contributed by atoms with Crippen molar-refractivity contribution in [3.8, 4) is 0 Å². The van der Waals surface area contributed by atoms with Crippen molar-refractivity contribution in [3.05, 3.63) is 44.8 Å². The lowest BCUT2D eigenvalue weighted by Crippen LogP contribution is -2.36. The van der Waals surface area contributed by atoms with Crippen LogP contribution in [0.2, 0.25) is 0 Å². The first-order valence-electron chi connectivity index (χ1n) is 5.92. The number of aromatic nitrogens is 1. The Hall–Kier alpha value is -1.40. The molecule has 1 atom stereocenters. The molecule has 0 saturated carbocycles. The zero-order valence-corrected chi connectivity index (χ0v) is 12.8. The lowest BCUT2D eigenvalue weighted by molar-refractivity contribution is 0.757.